The summed E-state index contributed by atoms with van der Waals surface area (Å²) in [6.45, 7) is 5.70. The number of nitrogens with zero attached hydrogens (tertiary/aromatic N) is 6. The molecular formula is C30H32N6O3. The first-order valence-electron chi connectivity index (χ1n) is 13.4. The molecule has 2 aromatic carbocycles. The van der Waals surface area contributed by atoms with Crippen LogP contribution >= 0.6 is 0 Å². The number of fused-ring (bicyclic) bond motifs is 2. The Balaban J connectivity index is 1.15. The summed E-state index contributed by atoms with van der Waals surface area (Å²) >= 11 is 0. The summed E-state index contributed by atoms with van der Waals surface area (Å²) in [7, 11) is 1.62. The number of methoxy groups -OCH3 is 1. The molecule has 0 unspecified atom stereocenters. The lowest BCUT2D eigenvalue weighted by Crippen LogP contribution is -2.55. The van der Waals surface area contributed by atoms with Gasteiger partial charge in [0.15, 0.2) is 5.65 Å². The van der Waals surface area contributed by atoms with Gasteiger partial charge in [0.2, 0.25) is 5.91 Å². The molecule has 6 rings (SSSR count). The van der Waals surface area contributed by atoms with E-state index >= 15 is 0 Å². The number of benzene rings is 2. The Bertz CT molecular complexity index is 1510. The summed E-state index contributed by atoms with van der Waals surface area (Å²) in [5.74, 6) is 0.835. The number of hydrogen-bond donors (Lipinski definition) is 0. The number of pyridine rings is 1. The Morgan fingerprint density at radius 1 is 1.00 bits per heavy atom. The van der Waals surface area contributed by atoms with Crippen molar-refractivity contribution in [2.24, 2.45) is 0 Å². The lowest BCUT2D eigenvalue weighted by atomic mass is 9.96. The highest BCUT2D eigenvalue weighted by Gasteiger charge is 2.31. The molecule has 2 amide bonds. The lowest BCUT2D eigenvalue weighted by molar-refractivity contribution is -0.134. The van der Waals surface area contributed by atoms with E-state index in [4.69, 9.17) is 4.74 Å². The molecule has 1 saturated heterocycles. The van der Waals surface area contributed by atoms with Crippen molar-refractivity contribution in [2.75, 3.05) is 38.2 Å². The number of amides is 2. The number of imidazole rings is 1. The molecule has 9 nitrogen and oxygen atoms in total. The van der Waals surface area contributed by atoms with Crippen LogP contribution in [0.15, 0.2) is 67.1 Å². The Hall–Kier alpha value is -4.40. The molecular weight excluding hydrogens is 492 g/mol. The third-order valence-electron chi connectivity index (χ3n) is 7.84. The van der Waals surface area contributed by atoms with E-state index in [1.807, 2.05) is 50.8 Å². The van der Waals surface area contributed by atoms with Crippen LogP contribution in [0.4, 0.5) is 5.69 Å². The van der Waals surface area contributed by atoms with Crippen molar-refractivity contribution >= 4 is 28.7 Å². The summed E-state index contributed by atoms with van der Waals surface area (Å²) in [5, 5.41) is 0. The molecule has 1 fully saturated rings. The SMILES string of the molecule is COc1ccc(C(=O)N2CCc3cccc(N4CCN(C(=O)Cn5cnc6cccnc65)[C@H](C)C4)c3C2)cc1. The quantitative estimate of drug-likeness (QED) is 0.398. The fraction of sp³-hybridized carbons (Fsp3) is 0.333. The molecule has 0 aliphatic carbocycles. The molecule has 0 spiro atoms. The first kappa shape index (κ1) is 24.9. The normalized spacial score (nSPS) is 17.3. The van der Waals surface area contributed by atoms with E-state index in [1.165, 1.54) is 11.1 Å². The maximum absolute atomic E-state index is 13.3. The summed E-state index contributed by atoms with van der Waals surface area (Å²) in [4.78, 5) is 41.6. The lowest BCUT2D eigenvalue weighted by Gasteiger charge is -2.42. The minimum absolute atomic E-state index is 0.0309. The van der Waals surface area contributed by atoms with E-state index in [1.54, 1.807) is 19.6 Å². The van der Waals surface area contributed by atoms with Gasteiger partial charge in [-0.3, -0.25) is 9.59 Å². The fourth-order valence-corrected chi connectivity index (χ4v) is 5.75. The van der Waals surface area contributed by atoms with Crippen LogP contribution < -0.4 is 9.64 Å². The van der Waals surface area contributed by atoms with E-state index in [0.29, 0.717) is 25.2 Å². The van der Waals surface area contributed by atoms with E-state index in [2.05, 4.69) is 40.0 Å². The zero-order valence-corrected chi connectivity index (χ0v) is 22.3. The van der Waals surface area contributed by atoms with Crippen LogP contribution in [0, 0.1) is 0 Å². The van der Waals surface area contributed by atoms with Crippen molar-refractivity contribution in [3.8, 4) is 5.75 Å². The van der Waals surface area contributed by atoms with Crippen molar-refractivity contribution in [3.63, 3.8) is 0 Å². The highest BCUT2D eigenvalue weighted by atomic mass is 16.5. The number of carbonyl (C=O) groups is 2. The Morgan fingerprint density at radius 3 is 2.64 bits per heavy atom. The van der Waals surface area contributed by atoms with Gasteiger partial charge in [-0.25, -0.2) is 9.97 Å². The van der Waals surface area contributed by atoms with Crippen LogP contribution in [0.3, 0.4) is 0 Å². The molecule has 0 N–H and O–H groups in total. The second-order valence-electron chi connectivity index (χ2n) is 10.2. The van der Waals surface area contributed by atoms with Gasteiger partial charge in [0, 0.05) is 56.2 Å². The smallest absolute Gasteiger partial charge is 0.254 e. The topological polar surface area (TPSA) is 83.8 Å². The third-order valence-corrected chi connectivity index (χ3v) is 7.84. The third kappa shape index (κ3) is 4.80. The number of carbonyl (C=O) groups excluding carboxylic acids is 2. The fourth-order valence-electron chi connectivity index (χ4n) is 5.75. The van der Waals surface area contributed by atoms with E-state index in [0.717, 1.165) is 42.1 Å². The van der Waals surface area contributed by atoms with Crippen molar-refractivity contribution < 1.29 is 14.3 Å². The number of anilines is 1. The van der Waals surface area contributed by atoms with Crippen molar-refractivity contribution in [3.05, 3.63) is 83.8 Å². The standard InChI is InChI=1S/C30H32N6O3/c1-21-17-33(15-16-36(21)28(37)19-35-20-32-26-6-4-13-31-29(26)35)27-7-3-5-22-12-14-34(18-25(22)27)30(38)23-8-10-24(39-2)11-9-23/h3-11,13,20-21H,12,14-19H2,1-2H3/t21-/m1/s1. The minimum atomic E-state index is 0.0309. The molecule has 1 atom stereocenters. The molecule has 2 aromatic heterocycles. The predicted octanol–water partition coefficient (Wildman–Crippen LogP) is 3.38. The van der Waals surface area contributed by atoms with Crippen molar-refractivity contribution in [2.45, 2.75) is 32.5 Å². The van der Waals surface area contributed by atoms with Gasteiger partial charge in [-0.1, -0.05) is 12.1 Å². The first-order valence-corrected chi connectivity index (χ1v) is 13.4. The van der Waals surface area contributed by atoms with E-state index < -0.39 is 0 Å². The predicted molar refractivity (Wildman–Crippen MR) is 149 cm³/mol. The molecule has 2 aliphatic heterocycles. The largest absolute Gasteiger partial charge is 0.497 e. The summed E-state index contributed by atoms with van der Waals surface area (Å²) in [6.07, 6.45) is 4.23. The van der Waals surface area contributed by atoms with Crippen LogP contribution in [-0.4, -0.2) is 75.5 Å². The van der Waals surface area contributed by atoms with Gasteiger partial charge < -0.3 is 24.0 Å². The molecule has 0 radical (unpaired) electrons. The van der Waals surface area contributed by atoms with Gasteiger partial charge in [0.1, 0.15) is 17.8 Å². The molecule has 39 heavy (non-hydrogen) atoms. The van der Waals surface area contributed by atoms with Gasteiger partial charge in [0.25, 0.3) is 5.91 Å². The minimum Gasteiger partial charge on any atom is -0.497 e. The Kier molecular flexibility index (Phi) is 6.64. The van der Waals surface area contributed by atoms with Crippen LogP contribution in [0.1, 0.15) is 28.4 Å². The van der Waals surface area contributed by atoms with Crippen LogP contribution in [0.25, 0.3) is 11.2 Å². The molecule has 0 saturated carbocycles. The number of piperazine rings is 1. The first-order chi connectivity index (χ1) is 19.0. The van der Waals surface area contributed by atoms with Gasteiger partial charge in [0.05, 0.1) is 13.4 Å². The zero-order valence-electron chi connectivity index (χ0n) is 22.3. The number of rotatable bonds is 5. The second kappa shape index (κ2) is 10.4. The average molecular weight is 525 g/mol. The molecule has 4 aromatic rings. The molecule has 0 bridgehead atoms. The van der Waals surface area contributed by atoms with Crippen molar-refractivity contribution in [1.29, 1.82) is 0 Å². The van der Waals surface area contributed by atoms with Crippen LogP contribution in [0.5, 0.6) is 5.75 Å². The molecule has 2 aliphatic rings. The van der Waals surface area contributed by atoms with Gasteiger partial charge >= 0.3 is 0 Å². The number of aromatic nitrogens is 3. The highest BCUT2D eigenvalue weighted by Crippen LogP contribution is 2.31. The van der Waals surface area contributed by atoms with Gasteiger partial charge in [-0.05, 0) is 66.9 Å². The zero-order chi connectivity index (χ0) is 26.9. The number of ether oxygens (including phenoxy) is 1. The van der Waals surface area contributed by atoms with Crippen LogP contribution in [0.2, 0.25) is 0 Å². The van der Waals surface area contributed by atoms with Gasteiger partial charge in [-0.15, -0.1) is 0 Å². The van der Waals surface area contributed by atoms with E-state index in [-0.39, 0.29) is 24.4 Å². The van der Waals surface area contributed by atoms with E-state index in [9.17, 15) is 9.59 Å². The Morgan fingerprint density at radius 2 is 1.85 bits per heavy atom. The average Bonchev–Trinajstić information content (AvgIpc) is 3.38. The molecule has 200 valence electrons. The molecule has 9 heteroatoms. The number of hydrogen-bond acceptors (Lipinski definition) is 6. The highest BCUT2D eigenvalue weighted by molar-refractivity contribution is 5.94. The summed E-state index contributed by atoms with van der Waals surface area (Å²) in [6, 6.07) is 17.5. The molecule has 4 heterocycles. The van der Waals surface area contributed by atoms with Crippen molar-refractivity contribution in [1.82, 2.24) is 24.3 Å². The Labute approximate surface area is 227 Å². The summed E-state index contributed by atoms with van der Waals surface area (Å²) < 4.78 is 7.05. The summed E-state index contributed by atoms with van der Waals surface area (Å²) in [5.41, 5.74) is 5.82. The second-order valence-corrected chi connectivity index (χ2v) is 10.2. The van der Waals surface area contributed by atoms with Gasteiger partial charge in [-0.2, -0.15) is 0 Å². The van der Waals surface area contributed by atoms with Crippen LogP contribution in [-0.2, 0) is 24.3 Å². The maximum Gasteiger partial charge on any atom is 0.254 e. The maximum atomic E-state index is 13.3. The monoisotopic (exact) mass is 524 g/mol.